The molecule has 0 spiro atoms. The van der Waals surface area contributed by atoms with Gasteiger partial charge in [0.15, 0.2) is 0 Å². The van der Waals surface area contributed by atoms with Crippen LogP contribution in [0.5, 0.6) is 0 Å². The summed E-state index contributed by atoms with van der Waals surface area (Å²) in [6.45, 7) is 0. The number of hydrogen-bond acceptors (Lipinski definition) is 6. The molecule has 0 saturated heterocycles. The second-order valence-corrected chi connectivity index (χ2v) is 6.23. The molecule has 8 nitrogen and oxygen atoms in total. The topological polar surface area (TPSA) is 120 Å². The van der Waals surface area contributed by atoms with E-state index in [2.05, 4.69) is 15.3 Å². The minimum atomic E-state index is -1.09. The summed E-state index contributed by atoms with van der Waals surface area (Å²) in [5.41, 5.74) is 6.81. The van der Waals surface area contributed by atoms with Gasteiger partial charge in [-0.05, 0) is 34.5 Å². The summed E-state index contributed by atoms with van der Waals surface area (Å²) >= 11 is 1.46. The van der Waals surface area contributed by atoms with Crippen LogP contribution in [0.1, 0.15) is 16.1 Å². The summed E-state index contributed by atoms with van der Waals surface area (Å²) in [7, 11) is 0. The van der Waals surface area contributed by atoms with Crippen molar-refractivity contribution in [3.63, 3.8) is 0 Å². The molecule has 0 aliphatic carbocycles. The number of nitrogens with one attached hydrogen (secondary N) is 1. The van der Waals surface area contributed by atoms with Crippen LogP contribution in [-0.2, 0) is 16.0 Å². The quantitative estimate of drug-likeness (QED) is 0.595. The van der Waals surface area contributed by atoms with Gasteiger partial charge in [-0.25, -0.2) is 4.98 Å². The largest absolute Gasteiger partial charge is 0.363 e. The number of rotatable bonds is 7. The normalized spacial score (nSPS) is 11.7. The van der Waals surface area contributed by atoms with Gasteiger partial charge in [0, 0.05) is 12.6 Å². The fourth-order valence-electron chi connectivity index (χ4n) is 2.42. The van der Waals surface area contributed by atoms with Crippen LogP contribution in [0.4, 0.5) is 0 Å². The molecule has 9 heteroatoms. The van der Waals surface area contributed by atoms with Crippen LogP contribution in [0.25, 0.3) is 5.69 Å². The lowest BCUT2D eigenvalue weighted by molar-refractivity contribution is -0.137. The Bertz CT molecular complexity index is 921. The molecule has 0 aliphatic rings. The molecule has 3 rings (SSSR count). The molecule has 0 bridgehead atoms. The predicted molar refractivity (Wildman–Crippen MR) is 94.8 cm³/mol. The van der Waals surface area contributed by atoms with Gasteiger partial charge in [-0.1, -0.05) is 0 Å². The van der Waals surface area contributed by atoms with Gasteiger partial charge in [0.05, 0.1) is 24.4 Å². The van der Waals surface area contributed by atoms with Gasteiger partial charge in [-0.3, -0.25) is 23.9 Å². The summed E-state index contributed by atoms with van der Waals surface area (Å²) in [5.74, 6) is -2.48. The minimum absolute atomic E-state index is 0.179. The van der Waals surface area contributed by atoms with Gasteiger partial charge in [0.1, 0.15) is 11.7 Å². The number of amides is 2. The Morgan fingerprint density at radius 1 is 1.23 bits per heavy atom. The number of pyridine rings is 1. The second-order valence-electron chi connectivity index (χ2n) is 5.45. The third-order valence-electron chi connectivity index (χ3n) is 3.68. The number of imidazole rings is 1. The first-order valence-corrected chi connectivity index (χ1v) is 8.59. The van der Waals surface area contributed by atoms with Gasteiger partial charge in [0.2, 0.25) is 5.78 Å². The number of primary amides is 1. The number of aromatic nitrogens is 3. The number of carbonyl (C=O) groups is 3. The highest BCUT2D eigenvalue weighted by molar-refractivity contribution is 7.07. The van der Waals surface area contributed by atoms with E-state index < -0.39 is 23.6 Å². The van der Waals surface area contributed by atoms with Crippen molar-refractivity contribution in [3.8, 4) is 5.69 Å². The molecule has 1 atom stereocenters. The van der Waals surface area contributed by atoms with Crippen molar-refractivity contribution < 1.29 is 14.4 Å². The van der Waals surface area contributed by atoms with Gasteiger partial charge >= 0.3 is 0 Å². The summed E-state index contributed by atoms with van der Waals surface area (Å²) in [6, 6.07) is 4.26. The fraction of sp³-hybridized carbons (Fsp3) is 0.118. The Morgan fingerprint density at radius 2 is 2.08 bits per heavy atom. The summed E-state index contributed by atoms with van der Waals surface area (Å²) in [4.78, 5) is 44.1. The SMILES string of the molecule is NC(=O)C(=O)C(Cc1ccsc1)NC(=O)c1cncn1-c1cccnc1. The third-order valence-corrected chi connectivity index (χ3v) is 4.41. The average molecular weight is 369 g/mol. The van der Waals surface area contributed by atoms with Crippen LogP contribution in [0.3, 0.4) is 0 Å². The predicted octanol–water partition coefficient (Wildman–Crippen LogP) is 0.724. The van der Waals surface area contributed by atoms with Crippen LogP contribution in [0.2, 0.25) is 0 Å². The number of Topliss-reactive ketones (excluding diaryl/α,β-unsaturated/α-hetero) is 1. The smallest absolute Gasteiger partial charge is 0.287 e. The second kappa shape index (κ2) is 7.70. The number of nitrogens with zero attached hydrogens (tertiary/aromatic N) is 3. The van der Waals surface area contributed by atoms with E-state index in [0.29, 0.717) is 5.69 Å². The zero-order chi connectivity index (χ0) is 18.5. The standard InChI is InChI=1S/C17H15N5O3S/c18-16(24)15(23)13(6-11-3-5-26-9-11)21-17(25)14-8-20-10-22(14)12-2-1-4-19-7-12/h1-5,7-10,13H,6H2,(H2,18,24)(H,21,25). The summed E-state index contributed by atoms with van der Waals surface area (Å²) < 4.78 is 1.54. The molecule has 3 aromatic heterocycles. The molecule has 0 radical (unpaired) electrons. The van der Waals surface area contributed by atoms with Crippen molar-refractivity contribution in [2.24, 2.45) is 5.73 Å². The van der Waals surface area contributed by atoms with E-state index in [-0.39, 0.29) is 12.1 Å². The first-order chi connectivity index (χ1) is 12.6. The molecule has 0 saturated carbocycles. The van der Waals surface area contributed by atoms with E-state index in [1.807, 2.05) is 16.8 Å². The highest BCUT2D eigenvalue weighted by Crippen LogP contribution is 2.12. The Labute approximate surface area is 152 Å². The Balaban J connectivity index is 1.83. The molecule has 3 aromatic rings. The van der Waals surface area contributed by atoms with Crippen molar-refractivity contribution in [3.05, 3.63) is 65.1 Å². The van der Waals surface area contributed by atoms with Gasteiger partial charge < -0.3 is 11.1 Å². The van der Waals surface area contributed by atoms with E-state index in [1.54, 1.807) is 29.1 Å². The maximum Gasteiger partial charge on any atom is 0.287 e. The molecule has 26 heavy (non-hydrogen) atoms. The number of thiophene rings is 1. The molecular weight excluding hydrogens is 354 g/mol. The summed E-state index contributed by atoms with van der Waals surface area (Å²) in [6.07, 6.45) is 6.21. The first-order valence-electron chi connectivity index (χ1n) is 7.64. The van der Waals surface area contributed by atoms with Crippen molar-refractivity contribution in [2.45, 2.75) is 12.5 Å². The van der Waals surface area contributed by atoms with E-state index in [1.165, 1.54) is 23.9 Å². The molecule has 132 valence electrons. The maximum atomic E-state index is 12.7. The molecule has 3 N–H and O–H groups in total. The molecule has 1 unspecified atom stereocenters. The van der Waals surface area contributed by atoms with Gasteiger partial charge in [0.25, 0.3) is 11.8 Å². The number of carbonyl (C=O) groups excluding carboxylic acids is 3. The molecule has 0 fully saturated rings. The number of ketones is 1. The lowest BCUT2D eigenvalue weighted by Gasteiger charge is -2.16. The van der Waals surface area contributed by atoms with Crippen molar-refractivity contribution in [2.75, 3.05) is 0 Å². The Kier molecular flexibility index (Phi) is 5.18. The average Bonchev–Trinajstić information content (AvgIpc) is 3.32. The zero-order valence-electron chi connectivity index (χ0n) is 13.5. The van der Waals surface area contributed by atoms with Gasteiger partial charge in [-0.2, -0.15) is 11.3 Å². The molecule has 0 aromatic carbocycles. The van der Waals surface area contributed by atoms with E-state index >= 15 is 0 Å². The lowest BCUT2D eigenvalue weighted by Crippen LogP contribution is -2.47. The first kappa shape index (κ1) is 17.5. The minimum Gasteiger partial charge on any atom is -0.363 e. The van der Waals surface area contributed by atoms with Crippen molar-refractivity contribution >= 4 is 28.9 Å². The van der Waals surface area contributed by atoms with E-state index in [9.17, 15) is 14.4 Å². The monoisotopic (exact) mass is 369 g/mol. The van der Waals surface area contributed by atoms with Crippen LogP contribution in [0.15, 0.2) is 53.9 Å². The van der Waals surface area contributed by atoms with Crippen molar-refractivity contribution in [1.29, 1.82) is 0 Å². The molecule has 0 aliphatic heterocycles. The highest BCUT2D eigenvalue weighted by Gasteiger charge is 2.27. The van der Waals surface area contributed by atoms with Crippen molar-refractivity contribution in [1.82, 2.24) is 19.9 Å². The van der Waals surface area contributed by atoms with Crippen LogP contribution in [0, 0.1) is 0 Å². The van der Waals surface area contributed by atoms with Gasteiger partial charge in [-0.15, -0.1) is 0 Å². The number of nitrogens with two attached hydrogens (primary N) is 1. The van der Waals surface area contributed by atoms with E-state index in [0.717, 1.165) is 5.56 Å². The Hall–Kier alpha value is -3.33. The van der Waals surface area contributed by atoms with Crippen LogP contribution >= 0.6 is 11.3 Å². The Morgan fingerprint density at radius 3 is 2.73 bits per heavy atom. The highest BCUT2D eigenvalue weighted by atomic mass is 32.1. The third kappa shape index (κ3) is 3.83. The molecule has 3 heterocycles. The fourth-order valence-corrected chi connectivity index (χ4v) is 3.10. The van der Waals surface area contributed by atoms with E-state index in [4.69, 9.17) is 5.73 Å². The van der Waals surface area contributed by atoms with Crippen LogP contribution < -0.4 is 11.1 Å². The summed E-state index contributed by atoms with van der Waals surface area (Å²) in [5, 5.41) is 6.27. The number of hydrogen-bond donors (Lipinski definition) is 2. The molecular formula is C17H15N5O3S. The lowest BCUT2D eigenvalue weighted by atomic mass is 10.0. The molecule has 2 amide bonds. The zero-order valence-corrected chi connectivity index (χ0v) is 14.3. The van der Waals surface area contributed by atoms with Crippen LogP contribution in [-0.4, -0.2) is 38.2 Å². The maximum absolute atomic E-state index is 12.7.